The zero-order valence-corrected chi connectivity index (χ0v) is 41.3. The Morgan fingerprint density at radius 3 is 1.49 bits per heavy atom. The fourth-order valence-electron chi connectivity index (χ4n) is 6.65. The van der Waals surface area contributed by atoms with E-state index in [9.17, 15) is 43.2 Å². The van der Waals surface area contributed by atoms with Gasteiger partial charge in [0.1, 0.15) is 17.2 Å². The van der Waals surface area contributed by atoms with Crippen LogP contribution in [-0.2, 0) is 38.0 Å². The van der Waals surface area contributed by atoms with E-state index in [-0.39, 0.29) is 32.2 Å². The zero-order valence-electron chi connectivity index (χ0n) is 37.2. The molecule has 9 rings (SSSR count). The lowest BCUT2D eigenvalue weighted by Crippen LogP contribution is -2.14. The second-order valence-electron chi connectivity index (χ2n) is 14.5. The number of aromatic nitrogens is 6. The molecule has 0 aliphatic rings. The second kappa shape index (κ2) is 22.1. The summed E-state index contributed by atoms with van der Waals surface area (Å²) in [4.78, 5) is 24.1. The molecule has 6 aromatic heterocycles. The molecule has 0 aliphatic heterocycles. The number of thiazole rings is 2. The van der Waals surface area contributed by atoms with E-state index in [1.165, 1.54) is 75.0 Å². The van der Waals surface area contributed by atoms with Crippen LogP contribution in [0.4, 0.5) is 36.6 Å². The van der Waals surface area contributed by atoms with Crippen molar-refractivity contribution in [1.82, 2.24) is 29.9 Å². The molecule has 15 nitrogen and oxygen atoms in total. The molecule has 0 spiro atoms. The van der Waals surface area contributed by atoms with Gasteiger partial charge in [0.15, 0.2) is 20.3 Å². The molecular formula is C46H35ClF6N8O7S4. The fourth-order valence-corrected chi connectivity index (χ4v) is 9.60. The van der Waals surface area contributed by atoms with Gasteiger partial charge in [-0.1, -0.05) is 24.3 Å². The quantitative estimate of drug-likeness (QED) is 0.0865. The van der Waals surface area contributed by atoms with Gasteiger partial charge in [0.25, 0.3) is 19.1 Å². The first-order valence-corrected chi connectivity index (χ1v) is 25.9. The number of sulfonamides is 1. The fraction of sp³-hybridized carbons (Fsp3) is 0.130. The molecule has 0 unspecified atom stereocenters. The van der Waals surface area contributed by atoms with Crippen LogP contribution in [0.25, 0.3) is 44.1 Å². The predicted molar refractivity (Wildman–Crippen MR) is 261 cm³/mol. The number of halogens is 7. The van der Waals surface area contributed by atoms with Gasteiger partial charge in [-0.25, -0.2) is 28.4 Å². The standard InChI is InChI=1S/C19H13F3N4O3S2.C16H10ClF3N2O3S.C11H12N2OS/c1-29-16-8-11(19(20,21)22)2-3-13(16)12-4-5-23-15-9-17(25-10-14(12)15)31(27,28)26-18-24-6-7-30-18;1-25-14-6-9(16(18,19)20)2-3-11(14)10-4-5-21-13-7-15(26(17,23)24)22-8-12(10)13;1-14-10-4-2-9(3-5-10)8-13-11-12-6-7-15-11/h2-10H,1H3,(H,24,26);2-8H,1H3;2-7H,8H2,1H3,(H,12,13). The lowest BCUT2D eigenvalue weighted by Gasteiger charge is -2.14. The molecule has 0 radical (unpaired) electrons. The molecule has 72 heavy (non-hydrogen) atoms. The number of ether oxygens (including phenoxy) is 3. The number of anilines is 2. The van der Waals surface area contributed by atoms with Crippen molar-refractivity contribution in [2.45, 2.75) is 28.9 Å². The van der Waals surface area contributed by atoms with E-state index in [0.29, 0.717) is 38.5 Å². The largest absolute Gasteiger partial charge is 0.497 e. The third kappa shape index (κ3) is 12.8. The number of nitrogens with one attached hydrogen (secondary N) is 2. The lowest BCUT2D eigenvalue weighted by molar-refractivity contribution is -0.138. The van der Waals surface area contributed by atoms with Crippen LogP contribution in [-0.4, -0.2) is 68.1 Å². The van der Waals surface area contributed by atoms with Crippen LogP contribution in [0.3, 0.4) is 0 Å². The second-order valence-corrected chi connectivity index (χ2v) is 20.5. The van der Waals surface area contributed by atoms with Crippen molar-refractivity contribution in [3.8, 4) is 39.5 Å². The van der Waals surface area contributed by atoms with Crippen LogP contribution in [0, 0.1) is 0 Å². The van der Waals surface area contributed by atoms with Crippen molar-refractivity contribution in [1.29, 1.82) is 0 Å². The number of fused-ring (bicyclic) bond motifs is 2. The van der Waals surface area contributed by atoms with E-state index in [2.05, 4.69) is 39.9 Å². The summed E-state index contributed by atoms with van der Waals surface area (Å²) >= 11 is 2.72. The van der Waals surface area contributed by atoms with Gasteiger partial charge in [0, 0.05) is 99.2 Å². The molecule has 0 aliphatic carbocycles. The summed E-state index contributed by atoms with van der Waals surface area (Å²) in [6.45, 7) is 0.789. The molecule has 26 heteroatoms. The van der Waals surface area contributed by atoms with Gasteiger partial charge in [-0.15, -0.1) is 22.7 Å². The van der Waals surface area contributed by atoms with E-state index in [4.69, 9.17) is 24.9 Å². The summed E-state index contributed by atoms with van der Waals surface area (Å²) in [7, 11) is 1.46. The highest BCUT2D eigenvalue weighted by atomic mass is 35.7. The van der Waals surface area contributed by atoms with Crippen molar-refractivity contribution >= 4 is 84.5 Å². The van der Waals surface area contributed by atoms with Gasteiger partial charge in [-0.2, -0.15) is 34.8 Å². The molecule has 0 saturated carbocycles. The first kappa shape index (κ1) is 52.6. The summed E-state index contributed by atoms with van der Waals surface area (Å²) in [5.74, 6) is 0.916. The Morgan fingerprint density at radius 1 is 0.556 bits per heavy atom. The van der Waals surface area contributed by atoms with Gasteiger partial charge < -0.3 is 19.5 Å². The molecule has 0 amide bonds. The highest BCUT2D eigenvalue weighted by molar-refractivity contribution is 8.13. The Kier molecular flexibility index (Phi) is 16.1. The average Bonchev–Trinajstić information content (AvgIpc) is 4.09. The number of hydrogen-bond acceptors (Lipinski definition) is 16. The van der Waals surface area contributed by atoms with E-state index in [1.54, 1.807) is 42.2 Å². The van der Waals surface area contributed by atoms with Crippen LogP contribution in [0.1, 0.15) is 16.7 Å². The Morgan fingerprint density at radius 2 is 1.04 bits per heavy atom. The molecule has 0 fully saturated rings. The first-order valence-electron chi connectivity index (χ1n) is 20.3. The number of pyridine rings is 4. The number of rotatable bonds is 12. The molecule has 374 valence electrons. The summed E-state index contributed by atoms with van der Waals surface area (Å²) in [5.41, 5.74) is 1.87. The summed E-state index contributed by atoms with van der Waals surface area (Å²) in [6.07, 6.45) is -0.366. The maximum Gasteiger partial charge on any atom is 0.416 e. The smallest absolute Gasteiger partial charge is 0.416 e. The van der Waals surface area contributed by atoms with Crippen LogP contribution >= 0.6 is 33.4 Å². The highest BCUT2D eigenvalue weighted by Gasteiger charge is 2.33. The zero-order chi connectivity index (χ0) is 51.8. The van der Waals surface area contributed by atoms with Crippen molar-refractivity contribution in [2.75, 3.05) is 31.4 Å². The van der Waals surface area contributed by atoms with Gasteiger partial charge in [0.05, 0.1) is 43.5 Å². The van der Waals surface area contributed by atoms with Gasteiger partial charge in [-0.3, -0.25) is 14.7 Å². The van der Waals surface area contributed by atoms with E-state index < -0.39 is 42.6 Å². The van der Waals surface area contributed by atoms with Crippen molar-refractivity contribution in [2.24, 2.45) is 0 Å². The number of nitrogens with zero attached hydrogens (tertiary/aromatic N) is 6. The molecular weight excluding hydrogens is 1050 g/mol. The van der Waals surface area contributed by atoms with E-state index >= 15 is 0 Å². The highest BCUT2D eigenvalue weighted by Crippen LogP contribution is 2.41. The molecule has 0 saturated heterocycles. The van der Waals surface area contributed by atoms with Crippen molar-refractivity contribution in [3.05, 3.63) is 150 Å². The molecule has 9 aromatic rings. The Hall–Kier alpha value is -7.19. The minimum absolute atomic E-state index is 0.0152. The van der Waals surface area contributed by atoms with Gasteiger partial charge in [0.2, 0.25) is 0 Å². The Labute approximate surface area is 419 Å². The Balaban J connectivity index is 0.000000168. The van der Waals surface area contributed by atoms with Crippen molar-refractivity contribution < 1.29 is 57.4 Å². The van der Waals surface area contributed by atoms with Crippen LogP contribution in [0.2, 0.25) is 0 Å². The first-order chi connectivity index (χ1) is 34.2. The van der Waals surface area contributed by atoms with Crippen LogP contribution in [0.15, 0.2) is 143 Å². The SMILES string of the molecule is COc1cc(C(F)(F)F)ccc1-c1ccnc2cc(S(=O)(=O)Cl)ncc12.COc1cc(C(F)(F)F)ccc1-c1ccnc2cc(S(=O)(=O)Nc3nccs3)ncc12.COc1ccc(CNc2nccs2)cc1. The van der Waals surface area contributed by atoms with E-state index in [0.717, 1.165) is 53.0 Å². The number of benzene rings is 3. The van der Waals surface area contributed by atoms with E-state index in [1.807, 2.05) is 29.6 Å². The van der Waals surface area contributed by atoms with Gasteiger partial charge in [-0.05, 0) is 65.2 Å². The number of methoxy groups -OCH3 is 3. The summed E-state index contributed by atoms with van der Waals surface area (Å²) in [5, 5.41) is 8.23. The summed E-state index contributed by atoms with van der Waals surface area (Å²) in [6, 6.07) is 19.9. The minimum Gasteiger partial charge on any atom is -0.497 e. The van der Waals surface area contributed by atoms with Gasteiger partial charge >= 0.3 is 12.4 Å². The maximum absolute atomic E-state index is 13.0. The topological polar surface area (TPSA) is 197 Å². The van der Waals surface area contributed by atoms with Crippen molar-refractivity contribution in [3.63, 3.8) is 0 Å². The Bertz CT molecular complexity index is 3560. The monoisotopic (exact) mass is 1090 g/mol. The molecule has 2 N–H and O–H groups in total. The summed E-state index contributed by atoms with van der Waals surface area (Å²) < 4.78 is 143. The molecule has 3 aromatic carbocycles. The van der Waals surface area contributed by atoms with Crippen LogP contribution in [0.5, 0.6) is 17.2 Å². The van der Waals surface area contributed by atoms with Crippen LogP contribution < -0.4 is 24.2 Å². The molecule has 0 bridgehead atoms. The third-order valence-electron chi connectivity index (χ3n) is 10.1. The number of alkyl halides is 6. The third-order valence-corrected chi connectivity index (χ3v) is 14.0. The normalized spacial score (nSPS) is 11.8. The molecule has 0 atom stereocenters. The number of hydrogen-bond donors (Lipinski definition) is 2. The molecule has 6 heterocycles. The minimum atomic E-state index is -4.51. The maximum atomic E-state index is 13.0. The lowest BCUT2D eigenvalue weighted by atomic mass is 10.00. The average molecular weight is 1090 g/mol. The predicted octanol–water partition coefficient (Wildman–Crippen LogP) is 11.6.